The number of benzene rings is 1. The molecule has 112 valence electrons. The van der Waals surface area contributed by atoms with Crippen molar-refractivity contribution < 1.29 is 4.79 Å². The highest BCUT2D eigenvalue weighted by Crippen LogP contribution is 2.28. The minimum absolute atomic E-state index is 0.0797. The number of rotatable bonds is 6. The fourth-order valence-corrected chi connectivity index (χ4v) is 2.64. The summed E-state index contributed by atoms with van der Waals surface area (Å²) in [5.41, 5.74) is 6.30. The molecule has 0 aliphatic rings. The smallest absolute Gasteiger partial charge is 0.230 e. The van der Waals surface area contributed by atoms with E-state index >= 15 is 0 Å². The van der Waals surface area contributed by atoms with Crippen molar-refractivity contribution in [1.29, 1.82) is 0 Å². The van der Waals surface area contributed by atoms with Gasteiger partial charge in [-0.1, -0.05) is 43.1 Å². The molecule has 0 saturated heterocycles. The minimum atomic E-state index is -0.467. The summed E-state index contributed by atoms with van der Waals surface area (Å²) in [6, 6.07) is 5.41. The van der Waals surface area contributed by atoms with Crippen molar-refractivity contribution in [3.8, 4) is 0 Å². The molecule has 0 heterocycles. The van der Waals surface area contributed by atoms with Crippen molar-refractivity contribution in [3.05, 3.63) is 33.8 Å². The number of hydrogen-bond donors (Lipinski definition) is 1. The third kappa shape index (κ3) is 3.66. The lowest BCUT2D eigenvalue weighted by Crippen LogP contribution is -2.45. The second-order valence-corrected chi connectivity index (χ2v) is 5.92. The molecule has 1 aromatic carbocycles. The van der Waals surface area contributed by atoms with Gasteiger partial charge in [-0.15, -0.1) is 0 Å². The molecule has 2 N–H and O–H groups in total. The van der Waals surface area contributed by atoms with Gasteiger partial charge in [-0.2, -0.15) is 0 Å². The summed E-state index contributed by atoms with van der Waals surface area (Å²) < 4.78 is 0. The normalized spacial score (nSPS) is 11.5. The average Bonchev–Trinajstić information content (AvgIpc) is 2.45. The highest BCUT2D eigenvalue weighted by Gasteiger charge is 2.35. The minimum Gasteiger partial charge on any atom is -0.341 e. The van der Waals surface area contributed by atoms with Gasteiger partial charge in [-0.3, -0.25) is 4.79 Å². The molecule has 20 heavy (non-hydrogen) atoms. The lowest BCUT2D eigenvalue weighted by Gasteiger charge is -2.33. The zero-order valence-electron chi connectivity index (χ0n) is 12.2. The Kier molecular flexibility index (Phi) is 6.31. The van der Waals surface area contributed by atoms with Gasteiger partial charge in [-0.05, 0) is 30.5 Å². The van der Waals surface area contributed by atoms with Crippen LogP contribution in [-0.4, -0.2) is 24.4 Å². The Hall–Kier alpha value is -0.770. The zero-order chi connectivity index (χ0) is 15.3. The second kappa shape index (κ2) is 7.30. The maximum absolute atomic E-state index is 12.6. The molecule has 0 fully saturated rings. The first-order valence-corrected chi connectivity index (χ1v) is 7.55. The van der Waals surface area contributed by atoms with Gasteiger partial charge in [0.25, 0.3) is 0 Å². The van der Waals surface area contributed by atoms with Crippen molar-refractivity contribution in [2.45, 2.75) is 33.2 Å². The predicted octanol–water partition coefficient (Wildman–Crippen LogP) is 3.72. The van der Waals surface area contributed by atoms with Crippen molar-refractivity contribution in [1.82, 2.24) is 4.90 Å². The van der Waals surface area contributed by atoms with Crippen LogP contribution in [0.2, 0.25) is 10.0 Å². The first kappa shape index (κ1) is 17.3. The molecule has 0 spiro atoms. The summed E-state index contributed by atoms with van der Waals surface area (Å²) in [6.07, 6.45) is 1.48. The van der Waals surface area contributed by atoms with Gasteiger partial charge < -0.3 is 10.6 Å². The van der Waals surface area contributed by atoms with Crippen LogP contribution in [0.3, 0.4) is 0 Å². The van der Waals surface area contributed by atoms with Crippen LogP contribution < -0.4 is 5.73 Å². The second-order valence-electron chi connectivity index (χ2n) is 5.10. The fraction of sp³-hybridized carbons (Fsp3) is 0.533. The topological polar surface area (TPSA) is 46.3 Å². The van der Waals surface area contributed by atoms with Gasteiger partial charge in [0.05, 0.1) is 15.5 Å². The van der Waals surface area contributed by atoms with E-state index in [9.17, 15) is 4.79 Å². The van der Waals surface area contributed by atoms with Crippen LogP contribution in [0.1, 0.15) is 32.3 Å². The molecule has 3 nitrogen and oxygen atoms in total. The molecule has 0 aromatic heterocycles. The SMILES string of the molecule is CCC(CC)(CN)C(=O)N(C)Cc1ccc(Cl)c(Cl)c1. The standard InChI is InChI=1S/C15H22Cl2N2O/c1-4-15(5-2,10-18)14(20)19(3)9-11-6-7-12(16)13(17)8-11/h6-8H,4-5,9-10,18H2,1-3H3. The van der Waals surface area contributed by atoms with Gasteiger partial charge in [0.1, 0.15) is 0 Å². The Morgan fingerprint density at radius 1 is 1.25 bits per heavy atom. The van der Waals surface area contributed by atoms with Crippen LogP contribution in [0, 0.1) is 5.41 Å². The lowest BCUT2D eigenvalue weighted by atomic mass is 9.81. The van der Waals surface area contributed by atoms with E-state index in [-0.39, 0.29) is 5.91 Å². The third-order valence-corrected chi connectivity index (χ3v) is 4.69. The van der Waals surface area contributed by atoms with Crippen LogP contribution in [0.5, 0.6) is 0 Å². The van der Waals surface area contributed by atoms with Gasteiger partial charge in [-0.25, -0.2) is 0 Å². The molecule has 1 aromatic rings. The Bertz CT molecular complexity index is 465. The third-order valence-electron chi connectivity index (χ3n) is 3.95. The van der Waals surface area contributed by atoms with Crippen molar-refractivity contribution >= 4 is 29.1 Å². The zero-order valence-corrected chi connectivity index (χ0v) is 13.8. The number of nitrogens with zero attached hydrogens (tertiary/aromatic N) is 1. The van der Waals surface area contributed by atoms with Crippen molar-refractivity contribution in [2.24, 2.45) is 11.1 Å². The van der Waals surface area contributed by atoms with Crippen LogP contribution >= 0.6 is 23.2 Å². The molecule has 1 rings (SSSR count). The first-order valence-electron chi connectivity index (χ1n) is 6.79. The van der Waals surface area contributed by atoms with E-state index in [1.807, 2.05) is 19.9 Å². The average molecular weight is 317 g/mol. The molecule has 0 bridgehead atoms. The molecule has 0 unspecified atom stereocenters. The van der Waals surface area contributed by atoms with Crippen LogP contribution in [0.25, 0.3) is 0 Å². The summed E-state index contributed by atoms with van der Waals surface area (Å²) in [5, 5.41) is 1.02. The molecule has 0 radical (unpaired) electrons. The van der Waals surface area contributed by atoms with E-state index in [4.69, 9.17) is 28.9 Å². The van der Waals surface area contributed by atoms with E-state index < -0.39 is 5.41 Å². The molecule has 0 aliphatic heterocycles. The summed E-state index contributed by atoms with van der Waals surface area (Å²) in [7, 11) is 1.79. The van der Waals surface area contributed by atoms with Crippen LogP contribution in [-0.2, 0) is 11.3 Å². The fourth-order valence-electron chi connectivity index (χ4n) is 2.32. The maximum atomic E-state index is 12.6. The van der Waals surface area contributed by atoms with E-state index in [0.717, 1.165) is 18.4 Å². The molecular formula is C15H22Cl2N2O. The van der Waals surface area contributed by atoms with Crippen LogP contribution in [0.4, 0.5) is 0 Å². The first-order chi connectivity index (χ1) is 9.40. The largest absolute Gasteiger partial charge is 0.341 e. The Labute approximate surface area is 131 Å². The van der Waals surface area contributed by atoms with Gasteiger partial charge >= 0.3 is 0 Å². The molecule has 5 heteroatoms. The monoisotopic (exact) mass is 316 g/mol. The summed E-state index contributed by atoms with van der Waals surface area (Å²) in [6.45, 7) is 4.87. The number of carbonyl (C=O) groups excluding carboxylic acids is 1. The van der Waals surface area contributed by atoms with Gasteiger partial charge in [0, 0.05) is 20.1 Å². The van der Waals surface area contributed by atoms with Crippen LogP contribution in [0.15, 0.2) is 18.2 Å². The van der Waals surface area contributed by atoms with Gasteiger partial charge in [0.2, 0.25) is 5.91 Å². The predicted molar refractivity (Wildman–Crippen MR) is 85.0 cm³/mol. The molecule has 0 aliphatic carbocycles. The highest BCUT2D eigenvalue weighted by atomic mass is 35.5. The van der Waals surface area contributed by atoms with E-state index in [1.165, 1.54) is 0 Å². The summed E-state index contributed by atoms with van der Waals surface area (Å²) in [4.78, 5) is 14.3. The summed E-state index contributed by atoms with van der Waals surface area (Å²) >= 11 is 11.9. The van der Waals surface area contributed by atoms with E-state index in [1.54, 1.807) is 24.1 Å². The number of carbonyl (C=O) groups is 1. The highest BCUT2D eigenvalue weighted by molar-refractivity contribution is 6.42. The molecule has 1 amide bonds. The Balaban J connectivity index is 2.86. The maximum Gasteiger partial charge on any atom is 0.230 e. The lowest BCUT2D eigenvalue weighted by molar-refractivity contribution is -0.141. The number of hydrogen-bond acceptors (Lipinski definition) is 2. The van der Waals surface area contributed by atoms with E-state index in [0.29, 0.717) is 23.1 Å². The van der Waals surface area contributed by atoms with Gasteiger partial charge in [0.15, 0.2) is 0 Å². The quantitative estimate of drug-likeness (QED) is 0.869. The molecule has 0 atom stereocenters. The van der Waals surface area contributed by atoms with Crippen molar-refractivity contribution in [2.75, 3.05) is 13.6 Å². The molecular weight excluding hydrogens is 295 g/mol. The van der Waals surface area contributed by atoms with E-state index in [2.05, 4.69) is 0 Å². The number of halogens is 2. The number of nitrogens with two attached hydrogens (primary N) is 1. The Morgan fingerprint density at radius 3 is 2.30 bits per heavy atom. The molecule has 0 saturated carbocycles. The Morgan fingerprint density at radius 2 is 1.85 bits per heavy atom. The summed E-state index contributed by atoms with van der Waals surface area (Å²) in [5.74, 6) is 0.0797. The number of amides is 1. The van der Waals surface area contributed by atoms with Crippen molar-refractivity contribution in [3.63, 3.8) is 0 Å².